The van der Waals surface area contributed by atoms with Gasteiger partial charge in [-0.3, -0.25) is 4.68 Å². The Hall–Kier alpha value is -0.730. The predicted octanol–water partition coefficient (Wildman–Crippen LogP) is 3.15. The molecule has 0 amide bonds. The number of ether oxygens (including phenoxy) is 1. The van der Waals surface area contributed by atoms with Crippen LogP contribution in [0, 0.1) is 3.57 Å². The van der Waals surface area contributed by atoms with Crippen LogP contribution in [0.4, 0.5) is 0 Å². The first-order chi connectivity index (χ1) is 9.15. The highest BCUT2D eigenvalue weighted by Gasteiger charge is 2.13. The monoisotopic (exact) mass is 392 g/mol. The highest BCUT2D eigenvalue weighted by Crippen LogP contribution is 2.24. The number of aryl methyl sites for hydroxylation is 1. The van der Waals surface area contributed by atoms with Crippen LogP contribution in [-0.2, 0) is 17.9 Å². The van der Waals surface area contributed by atoms with Crippen molar-refractivity contribution in [2.75, 3.05) is 7.11 Å². The van der Waals surface area contributed by atoms with Crippen molar-refractivity contribution in [2.24, 2.45) is 0 Å². The Morgan fingerprint density at radius 3 is 2.89 bits per heavy atom. The first-order valence-corrected chi connectivity index (χ1v) is 7.35. The van der Waals surface area contributed by atoms with E-state index in [-0.39, 0.29) is 0 Å². The standard InChI is InChI=1S/C12H14ClIN4O/c1-3-4-18-6-8(5-15-18)12-16-9(7-19-2)10(14)11(13)17-12/h5-6H,3-4,7H2,1-2H3. The molecule has 0 aromatic carbocycles. The van der Waals surface area contributed by atoms with Gasteiger partial charge < -0.3 is 4.74 Å². The summed E-state index contributed by atoms with van der Waals surface area (Å²) >= 11 is 8.26. The van der Waals surface area contributed by atoms with Crippen LogP contribution < -0.4 is 0 Å². The van der Waals surface area contributed by atoms with Crippen molar-refractivity contribution in [3.05, 3.63) is 26.8 Å². The van der Waals surface area contributed by atoms with Crippen molar-refractivity contribution in [3.8, 4) is 11.4 Å². The van der Waals surface area contributed by atoms with E-state index in [0.29, 0.717) is 17.6 Å². The molecule has 5 nitrogen and oxygen atoms in total. The lowest BCUT2D eigenvalue weighted by molar-refractivity contribution is 0.181. The maximum absolute atomic E-state index is 6.13. The summed E-state index contributed by atoms with van der Waals surface area (Å²) in [5, 5.41) is 4.72. The Morgan fingerprint density at radius 2 is 2.21 bits per heavy atom. The quantitative estimate of drug-likeness (QED) is 0.579. The zero-order valence-corrected chi connectivity index (χ0v) is 13.6. The third-order valence-corrected chi connectivity index (χ3v) is 4.23. The highest BCUT2D eigenvalue weighted by molar-refractivity contribution is 14.1. The predicted molar refractivity (Wildman–Crippen MR) is 82.0 cm³/mol. The molecule has 0 bridgehead atoms. The highest BCUT2D eigenvalue weighted by atomic mass is 127. The van der Waals surface area contributed by atoms with Crippen molar-refractivity contribution in [1.82, 2.24) is 19.7 Å². The van der Waals surface area contributed by atoms with Gasteiger partial charge in [0.25, 0.3) is 0 Å². The molecule has 0 aliphatic heterocycles. The summed E-state index contributed by atoms with van der Waals surface area (Å²) in [4.78, 5) is 8.78. The molecule has 2 aromatic rings. The van der Waals surface area contributed by atoms with Crippen LogP contribution in [0.15, 0.2) is 12.4 Å². The second-order valence-electron chi connectivity index (χ2n) is 4.02. The minimum Gasteiger partial charge on any atom is -0.378 e. The second kappa shape index (κ2) is 6.62. The molecule has 2 aromatic heterocycles. The SMILES string of the molecule is CCCn1cc(-c2nc(Cl)c(I)c(COC)n2)cn1. The molecule has 0 fully saturated rings. The van der Waals surface area contributed by atoms with Gasteiger partial charge in [0, 0.05) is 19.9 Å². The minimum absolute atomic E-state index is 0.413. The second-order valence-corrected chi connectivity index (χ2v) is 5.46. The molecule has 0 unspecified atom stereocenters. The smallest absolute Gasteiger partial charge is 0.164 e. The molecule has 0 aliphatic rings. The van der Waals surface area contributed by atoms with Crippen LogP contribution in [-0.4, -0.2) is 26.9 Å². The zero-order chi connectivity index (χ0) is 13.8. The molecule has 0 atom stereocenters. The van der Waals surface area contributed by atoms with E-state index in [4.69, 9.17) is 16.3 Å². The third kappa shape index (κ3) is 3.43. The summed E-state index contributed by atoms with van der Waals surface area (Å²) in [6.45, 7) is 3.40. The van der Waals surface area contributed by atoms with E-state index in [2.05, 4.69) is 44.6 Å². The molecule has 0 saturated heterocycles. The minimum atomic E-state index is 0.413. The van der Waals surface area contributed by atoms with Gasteiger partial charge in [-0.1, -0.05) is 18.5 Å². The maximum Gasteiger partial charge on any atom is 0.164 e. The summed E-state index contributed by atoms with van der Waals surface area (Å²) in [5.74, 6) is 0.583. The van der Waals surface area contributed by atoms with E-state index in [1.807, 2.05) is 10.9 Å². The average molecular weight is 393 g/mol. The molecule has 7 heteroatoms. The normalized spacial score (nSPS) is 10.9. The number of rotatable bonds is 5. The topological polar surface area (TPSA) is 52.8 Å². The fourth-order valence-corrected chi connectivity index (χ4v) is 2.24. The summed E-state index contributed by atoms with van der Waals surface area (Å²) in [6, 6.07) is 0. The number of hydrogen-bond acceptors (Lipinski definition) is 4. The summed E-state index contributed by atoms with van der Waals surface area (Å²) in [6.07, 6.45) is 4.72. The van der Waals surface area contributed by atoms with Gasteiger partial charge in [0.2, 0.25) is 0 Å². The molecular weight excluding hydrogens is 379 g/mol. The lowest BCUT2D eigenvalue weighted by Gasteiger charge is -2.06. The van der Waals surface area contributed by atoms with Crippen molar-refractivity contribution in [1.29, 1.82) is 0 Å². The van der Waals surface area contributed by atoms with Crippen molar-refractivity contribution < 1.29 is 4.74 Å². The number of hydrogen-bond donors (Lipinski definition) is 0. The Labute approximate surface area is 130 Å². The maximum atomic E-state index is 6.13. The van der Waals surface area contributed by atoms with Crippen LogP contribution in [0.25, 0.3) is 11.4 Å². The molecule has 0 saturated carbocycles. The number of halogens is 2. The molecule has 102 valence electrons. The fraction of sp³-hybridized carbons (Fsp3) is 0.417. The van der Waals surface area contributed by atoms with Crippen LogP contribution in [0.3, 0.4) is 0 Å². The van der Waals surface area contributed by atoms with E-state index in [1.54, 1.807) is 13.3 Å². The van der Waals surface area contributed by atoms with E-state index >= 15 is 0 Å². The van der Waals surface area contributed by atoms with Gasteiger partial charge in [-0.25, -0.2) is 9.97 Å². The van der Waals surface area contributed by atoms with Gasteiger partial charge >= 0.3 is 0 Å². The van der Waals surface area contributed by atoms with Crippen LogP contribution in [0.1, 0.15) is 19.0 Å². The van der Waals surface area contributed by atoms with Gasteiger partial charge in [-0.05, 0) is 29.0 Å². The van der Waals surface area contributed by atoms with Gasteiger partial charge in [0.15, 0.2) is 5.82 Å². The molecule has 2 rings (SSSR count). The zero-order valence-electron chi connectivity index (χ0n) is 10.7. The Bertz CT molecular complexity index is 573. The summed E-state index contributed by atoms with van der Waals surface area (Å²) in [5.41, 5.74) is 1.66. The molecule has 19 heavy (non-hydrogen) atoms. The van der Waals surface area contributed by atoms with Crippen molar-refractivity contribution >= 4 is 34.2 Å². The lowest BCUT2D eigenvalue weighted by atomic mass is 10.3. The molecule has 0 aliphatic carbocycles. The molecule has 2 heterocycles. The molecular formula is C12H14ClIN4O. The summed E-state index contributed by atoms with van der Waals surface area (Å²) in [7, 11) is 1.63. The Kier molecular flexibility index (Phi) is 5.12. The first kappa shape index (κ1) is 14.7. The molecule has 0 radical (unpaired) electrons. The number of aromatic nitrogens is 4. The number of nitrogens with zero attached hydrogens (tertiary/aromatic N) is 4. The van der Waals surface area contributed by atoms with Gasteiger partial charge in [-0.2, -0.15) is 5.10 Å². The Balaban J connectivity index is 2.37. The van der Waals surface area contributed by atoms with Gasteiger partial charge in [-0.15, -0.1) is 0 Å². The summed E-state index contributed by atoms with van der Waals surface area (Å²) < 4.78 is 7.82. The fourth-order valence-electron chi connectivity index (χ4n) is 1.65. The Morgan fingerprint density at radius 1 is 1.42 bits per heavy atom. The molecule has 0 spiro atoms. The average Bonchev–Trinajstić information content (AvgIpc) is 2.84. The van der Waals surface area contributed by atoms with E-state index < -0.39 is 0 Å². The van der Waals surface area contributed by atoms with Gasteiger partial charge in [0.1, 0.15) is 5.15 Å². The van der Waals surface area contributed by atoms with E-state index in [9.17, 15) is 0 Å². The van der Waals surface area contributed by atoms with Gasteiger partial charge in [0.05, 0.1) is 27.6 Å². The van der Waals surface area contributed by atoms with Crippen molar-refractivity contribution in [3.63, 3.8) is 0 Å². The van der Waals surface area contributed by atoms with E-state index in [1.165, 1.54) is 0 Å². The largest absolute Gasteiger partial charge is 0.378 e. The third-order valence-electron chi connectivity index (χ3n) is 2.50. The lowest BCUT2D eigenvalue weighted by Crippen LogP contribution is -2.01. The first-order valence-electron chi connectivity index (χ1n) is 5.89. The molecule has 0 N–H and O–H groups in total. The van der Waals surface area contributed by atoms with Crippen LogP contribution >= 0.6 is 34.2 Å². The number of methoxy groups -OCH3 is 1. The van der Waals surface area contributed by atoms with Crippen LogP contribution in [0.5, 0.6) is 0 Å². The van der Waals surface area contributed by atoms with E-state index in [0.717, 1.165) is 27.8 Å². The van der Waals surface area contributed by atoms with Crippen molar-refractivity contribution in [2.45, 2.75) is 26.5 Å². The van der Waals surface area contributed by atoms with Crippen LogP contribution in [0.2, 0.25) is 5.15 Å².